The molecule has 0 spiro atoms. The number of aryl methyl sites for hydroxylation is 1. The Balaban J connectivity index is 1.39. The fraction of sp³-hybridized carbons (Fsp3) is 0.385. The molecule has 0 bridgehead atoms. The van der Waals surface area contributed by atoms with Gasteiger partial charge < -0.3 is 10.4 Å². The van der Waals surface area contributed by atoms with Gasteiger partial charge in [0.2, 0.25) is 0 Å². The van der Waals surface area contributed by atoms with Crippen LogP contribution >= 0.6 is 0 Å². The van der Waals surface area contributed by atoms with E-state index >= 15 is 0 Å². The Morgan fingerprint density at radius 2 is 2.06 bits per heavy atom. The molecule has 2 heterocycles. The average molecular weight is 449 g/mol. The second-order valence-electron chi connectivity index (χ2n) is 9.16. The molecule has 172 valence electrons. The third kappa shape index (κ3) is 4.56. The number of aliphatic hydroxyl groups is 1. The summed E-state index contributed by atoms with van der Waals surface area (Å²) in [5.74, 6) is -0.519. The number of amides is 1. The van der Waals surface area contributed by atoms with Gasteiger partial charge >= 0.3 is 0 Å². The zero-order valence-corrected chi connectivity index (χ0v) is 18.9. The molecule has 1 saturated heterocycles. The molecule has 0 radical (unpaired) electrons. The summed E-state index contributed by atoms with van der Waals surface area (Å²) >= 11 is 0. The van der Waals surface area contributed by atoms with Gasteiger partial charge in [-0.25, -0.2) is 9.07 Å². The van der Waals surface area contributed by atoms with E-state index in [0.29, 0.717) is 23.5 Å². The summed E-state index contributed by atoms with van der Waals surface area (Å²) in [6.07, 6.45) is 4.21. The number of nitrogens with zero attached hydrogens (tertiary/aromatic N) is 3. The number of rotatable bonds is 5. The van der Waals surface area contributed by atoms with Crippen molar-refractivity contribution in [3.8, 4) is 5.69 Å². The average Bonchev–Trinajstić information content (AvgIpc) is 3.39. The van der Waals surface area contributed by atoms with Crippen molar-refractivity contribution in [2.45, 2.75) is 51.7 Å². The largest absolute Gasteiger partial charge is 0.392 e. The van der Waals surface area contributed by atoms with Crippen molar-refractivity contribution in [2.24, 2.45) is 0 Å². The van der Waals surface area contributed by atoms with Crippen LogP contribution in [0.4, 0.5) is 10.1 Å². The van der Waals surface area contributed by atoms with Crippen molar-refractivity contribution < 1.29 is 14.3 Å². The molecule has 1 aliphatic heterocycles. The van der Waals surface area contributed by atoms with Crippen LogP contribution in [0.1, 0.15) is 52.1 Å². The number of aromatic nitrogens is 2. The third-order valence-electron chi connectivity index (χ3n) is 6.63. The fourth-order valence-corrected chi connectivity index (χ4v) is 4.86. The molecule has 1 unspecified atom stereocenters. The highest BCUT2D eigenvalue weighted by atomic mass is 19.1. The topological polar surface area (TPSA) is 70.4 Å². The molecule has 1 atom stereocenters. The van der Waals surface area contributed by atoms with Gasteiger partial charge in [-0.15, -0.1) is 0 Å². The lowest BCUT2D eigenvalue weighted by Gasteiger charge is -2.16. The van der Waals surface area contributed by atoms with E-state index in [9.17, 15) is 14.3 Å². The minimum Gasteiger partial charge on any atom is -0.392 e. The van der Waals surface area contributed by atoms with Gasteiger partial charge in [0.05, 0.1) is 11.8 Å². The first-order valence-electron chi connectivity index (χ1n) is 11.7. The number of carbonyl (C=O) groups is 1. The number of hydrogen-bond donors (Lipinski definition) is 2. The highest BCUT2D eigenvalue weighted by molar-refractivity contribution is 6.04. The molecule has 3 aromatic rings. The fourth-order valence-electron chi connectivity index (χ4n) is 4.86. The molecule has 2 aliphatic rings. The second-order valence-corrected chi connectivity index (χ2v) is 9.16. The lowest BCUT2D eigenvalue weighted by molar-refractivity contribution is 0.102. The molecule has 6 nitrogen and oxygen atoms in total. The first-order valence-corrected chi connectivity index (χ1v) is 11.7. The summed E-state index contributed by atoms with van der Waals surface area (Å²) in [4.78, 5) is 15.5. The number of carbonyl (C=O) groups excluding carboxylic acids is 1. The summed E-state index contributed by atoms with van der Waals surface area (Å²) in [5, 5.41) is 17.4. The van der Waals surface area contributed by atoms with Gasteiger partial charge in [0.25, 0.3) is 5.91 Å². The Morgan fingerprint density at radius 3 is 2.85 bits per heavy atom. The van der Waals surface area contributed by atoms with Gasteiger partial charge in [0, 0.05) is 36.6 Å². The molecular formula is C26H29FN4O2. The zero-order valence-electron chi connectivity index (χ0n) is 18.9. The Hall–Kier alpha value is -3.03. The van der Waals surface area contributed by atoms with Gasteiger partial charge in [-0.2, -0.15) is 5.10 Å². The first kappa shape index (κ1) is 21.8. The second kappa shape index (κ2) is 9.08. The van der Waals surface area contributed by atoms with Crippen molar-refractivity contribution in [3.63, 3.8) is 0 Å². The van der Waals surface area contributed by atoms with Gasteiger partial charge in [0.1, 0.15) is 5.82 Å². The molecule has 0 saturated carbocycles. The molecule has 1 amide bonds. The summed E-state index contributed by atoms with van der Waals surface area (Å²) in [6, 6.07) is 12.9. The number of anilines is 1. The maximum Gasteiger partial charge on any atom is 0.276 e. The van der Waals surface area contributed by atoms with Crippen LogP contribution < -0.4 is 5.32 Å². The molecule has 1 fully saturated rings. The van der Waals surface area contributed by atoms with E-state index in [4.69, 9.17) is 0 Å². The third-order valence-corrected chi connectivity index (χ3v) is 6.63. The van der Waals surface area contributed by atoms with E-state index in [2.05, 4.69) is 15.3 Å². The minimum atomic E-state index is -0.277. The number of benzene rings is 2. The number of hydrogen-bond acceptors (Lipinski definition) is 4. The summed E-state index contributed by atoms with van der Waals surface area (Å²) in [6.45, 7) is 4.03. The molecule has 7 heteroatoms. The predicted octanol–water partition coefficient (Wildman–Crippen LogP) is 4.02. The van der Waals surface area contributed by atoms with E-state index < -0.39 is 0 Å². The Morgan fingerprint density at radius 1 is 1.21 bits per heavy atom. The number of β-amino-alcohol motifs (C(OH)–C–C–N with tert-alkyl or cyclic N) is 1. The van der Waals surface area contributed by atoms with Crippen molar-refractivity contribution in [2.75, 3.05) is 18.4 Å². The normalized spacial score (nSPS) is 18.3. The highest BCUT2D eigenvalue weighted by Crippen LogP contribution is 2.28. The van der Waals surface area contributed by atoms with E-state index in [1.54, 1.807) is 17.7 Å². The van der Waals surface area contributed by atoms with Crippen LogP contribution in [-0.4, -0.2) is 44.9 Å². The van der Waals surface area contributed by atoms with E-state index in [1.165, 1.54) is 6.07 Å². The summed E-state index contributed by atoms with van der Waals surface area (Å²) < 4.78 is 16.0. The molecule has 1 aliphatic carbocycles. The van der Waals surface area contributed by atoms with Gasteiger partial charge in [-0.05, 0) is 74.4 Å². The van der Waals surface area contributed by atoms with Crippen LogP contribution in [0.2, 0.25) is 0 Å². The van der Waals surface area contributed by atoms with E-state index in [0.717, 1.165) is 67.7 Å². The van der Waals surface area contributed by atoms with Crippen LogP contribution in [0.3, 0.4) is 0 Å². The molecule has 2 aromatic carbocycles. The lowest BCUT2D eigenvalue weighted by atomic mass is 9.95. The highest BCUT2D eigenvalue weighted by Gasteiger charge is 2.26. The van der Waals surface area contributed by atoms with Gasteiger partial charge in [0.15, 0.2) is 5.69 Å². The number of fused-ring (bicyclic) bond motifs is 1. The zero-order chi connectivity index (χ0) is 22.9. The van der Waals surface area contributed by atoms with Crippen molar-refractivity contribution >= 4 is 11.6 Å². The SMILES string of the molecule is Cc1ccc(-n2nc(C(=O)Nc3cccc(CN4CCC(O)C4)c3)c3c2CCCC3)cc1F. The maximum atomic E-state index is 14.2. The summed E-state index contributed by atoms with van der Waals surface area (Å²) in [7, 11) is 0. The Labute approximate surface area is 193 Å². The van der Waals surface area contributed by atoms with Crippen LogP contribution in [0.5, 0.6) is 0 Å². The Bertz CT molecular complexity index is 1190. The first-order chi connectivity index (χ1) is 16.0. The smallest absolute Gasteiger partial charge is 0.276 e. The van der Waals surface area contributed by atoms with E-state index in [-0.39, 0.29) is 17.8 Å². The number of aliphatic hydroxyl groups excluding tert-OH is 1. The molecule has 33 heavy (non-hydrogen) atoms. The van der Waals surface area contributed by atoms with Crippen LogP contribution in [0.25, 0.3) is 5.69 Å². The molecule has 2 N–H and O–H groups in total. The molecule has 5 rings (SSSR count). The Kier molecular flexibility index (Phi) is 6.00. The number of likely N-dealkylation sites (tertiary alicyclic amines) is 1. The van der Waals surface area contributed by atoms with Crippen molar-refractivity contribution in [1.29, 1.82) is 0 Å². The quantitative estimate of drug-likeness (QED) is 0.619. The van der Waals surface area contributed by atoms with Gasteiger partial charge in [-0.3, -0.25) is 9.69 Å². The van der Waals surface area contributed by atoms with Crippen LogP contribution in [0, 0.1) is 12.7 Å². The van der Waals surface area contributed by atoms with Crippen LogP contribution in [-0.2, 0) is 19.4 Å². The minimum absolute atomic E-state index is 0.242. The van der Waals surface area contributed by atoms with Crippen molar-refractivity contribution in [3.05, 3.63) is 76.4 Å². The predicted molar refractivity (Wildman–Crippen MR) is 125 cm³/mol. The number of nitrogens with one attached hydrogen (secondary N) is 1. The summed E-state index contributed by atoms with van der Waals surface area (Å²) in [5.41, 5.74) is 5.41. The van der Waals surface area contributed by atoms with Crippen molar-refractivity contribution in [1.82, 2.24) is 14.7 Å². The maximum absolute atomic E-state index is 14.2. The molecular weight excluding hydrogens is 419 g/mol. The van der Waals surface area contributed by atoms with E-state index in [1.807, 2.05) is 30.3 Å². The monoisotopic (exact) mass is 448 g/mol. The molecule has 1 aromatic heterocycles. The standard InChI is InChI=1S/C26H29FN4O2/c1-17-9-10-20(14-23(17)27)31-24-8-3-2-7-22(24)25(29-31)26(33)28-19-6-4-5-18(13-19)15-30-12-11-21(32)16-30/h4-6,9-10,13-14,21,32H,2-3,7-8,11-12,15-16H2,1H3,(H,28,33). The lowest BCUT2D eigenvalue weighted by Crippen LogP contribution is -2.21. The van der Waals surface area contributed by atoms with Gasteiger partial charge in [-0.1, -0.05) is 18.2 Å². The number of halogens is 1. The van der Waals surface area contributed by atoms with Crippen LogP contribution in [0.15, 0.2) is 42.5 Å².